The Bertz CT molecular complexity index is 690. The highest BCUT2D eigenvalue weighted by atomic mass is 19.4. The lowest BCUT2D eigenvalue weighted by Crippen LogP contribution is -2.50. The molecule has 7 nitrogen and oxygen atoms in total. The van der Waals surface area contributed by atoms with E-state index < -0.39 is 18.0 Å². The molecule has 1 unspecified atom stereocenters. The number of halogens is 3. The van der Waals surface area contributed by atoms with Gasteiger partial charge in [-0.2, -0.15) is 13.2 Å². The Morgan fingerprint density at radius 1 is 1.31 bits per heavy atom. The lowest BCUT2D eigenvalue weighted by Gasteiger charge is -2.37. The molecule has 2 fully saturated rings. The quantitative estimate of drug-likeness (QED) is 0.868. The molecule has 0 spiro atoms. The van der Waals surface area contributed by atoms with Gasteiger partial charge in [-0.05, 0) is 38.5 Å². The number of hydrogen-bond donors (Lipinski definition) is 1. The second-order valence-electron chi connectivity index (χ2n) is 7.21. The first kappa shape index (κ1) is 18.7. The Kier molecular flexibility index (Phi) is 4.70. The molecule has 0 bridgehead atoms. The molecular formula is C16H22F3N5O2. The second-order valence-corrected chi connectivity index (χ2v) is 7.21. The summed E-state index contributed by atoms with van der Waals surface area (Å²) in [5.74, 6) is -2.95. The summed E-state index contributed by atoms with van der Waals surface area (Å²) in [4.78, 5) is 29.5. The van der Waals surface area contributed by atoms with Crippen molar-refractivity contribution >= 4 is 11.8 Å². The number of aromatic nitrogens is 3. The summed E-state index contributed by atoms with van der Waals surface area (Å²) in [7, 11) is 1.67. The van der Waals surface area contributed by atoms with Crippen LogP contribution in [0.1, 0.15) is 43.2 Å². The van der Waals surface area contributed by atoms with Crippen molar-refractivity contribution in [3.05, 3.63) is 12.2 Å². The fourth-order valence-corrected chi connectivity index (χ4v) is 3.56. The van der Waals surface area contributed by atoms with Gasteiger partial charge >= 0.3 is 6.18 Å². The topological polar surface area (TPSA) is 80.1 Å². The molecule has 1 saturated heterocycles. The van der Waals surface area contributed by atoms with Gasteiger partial charge in [-0.25, -0.2) is 4.98 Å². The maximum atomic E-state index is 12.7. The highest BCUT2D eigenvalue weighted by Gasteiger charge is 2.52. The largest absolute Gasteiger partial charge is 0.400 e. The van der Waals surface area contributed by atoms with Crippen LogP contribution in [0.15, 0.2) is 6.33 Å². The molecule has 1 aromatic heterocycles. The molecule has 2 aliphatic rings. The Morgan fingerprint density at radius 3 is 2.38 bits per heavy atom. The maximum Gasteiger partial charge on any atom is 0.400 e. The molecular weight excluding hydrogens is 351 g/mol. The number of nitrogens with one attached hydrogen (secondary N) is 1. The number of piperidine rings is 1. The highest BCUT2D eigenvalue weighted by Crippen LogP contribution is 2.47. The number of amides is 2. The van der Waals surface area contributed by atoms with Crippen LogP contribution in [0.4, 0.5) is 13.2 Å². The number of hydrogen-bond acceptors (Lipinski definition) is 4. The molecule has 2 heterocycles. The SMILES string of the molecule is CC(C(=O)N1CCC(C2(NC(=O)c3ncn(C)n3)CC2)CC1)C(F)(F)F. The zero-order valence-corrected chi connectivity index (χ0v) is 14.7. The first-order valence-electron chi connectivity index (χ1n) is 8.66. The van der Waals surface area contributed by atoms with Crippen LogP contribution in [0.3, 0.4) is 0 Å². The fourth-order valence-electron chi connectivity index (χ4n) is 3.56. The van der Waals surface area contributed by atoms with Crippen LogP contribution in [0.5, 0.6) is 0 Å². The highest BCUT2D eigenvalue weighted by molar-refractivity contribution is 5.91. The van der Waals surface area contributed by atoms with Crippen LogP contribution in [0, 0.1) is 11.8 Å². The van der Waals surface area contributed by atoms with Crippen LogP contribution in [-0.4, -0.2) is 56.3 Å². The number of nitrogens with zero attached hydrogens (tertiary/aromatic N) is 4. The molecule has 1 aliphatic heterocycles. The molecule has 0 radical (unpaired) electrons. The number of rotatable bonds is 4. The third-order valence-corrected chi connectivity index (χ3v) is 5.40. The van der Waals surface area contributed by atoms with Gasteiger partial charge in [0.05, 0.1) is 0 Å². The number of alkyl halides is 3. The lowest BCUT2D eigenvalue weighted by molar-refractivity contribution is -0.186. The van der Waals surface area contributed by atoms with Crippen LogP contribution in [-0.2, 0) is 11.8 Å². The molecule has 2 amide bonds. The van der Waals surface area contributed by atoms with Gasteiger partial charge < -0.3 is 10.2 Å². The summed E-state index contributed by atoms with van der Waals surface area (Å²) >= 11 is 0. The predicted octanol–water partition coefficient (Wildman–Crippen LogP) is 1.51. The Morgan fingerprint density at radius 2 is 1.92 bits per heavy atom. The van der Waals surface area contributed by atoms with Gasteiger partial charge in [0, 0.05) is 25.7 Å². The van der Waals surface area contributed by atoms with Crippen LogP contribution >= 0.6 is 0 Å². The van der Waals surface area contributed by atoms with E-state index in [1.807, 2.05) is 0 Å². The molecule has 1 atom stereocenters. The molecule has 1 aromatic rings. The number of carbonyl (C=O) groups is 2. The minimum Gasteiger partial charge on any atom is -0.344 e. The predicted molar refractivity (Wildman–Crippen MR) is 85.0 cm³/mol. The number of carbonyl (C=O) groups excluding carboxylic acids is 2. The van der Waals surface area contributed by atoms with E-state index in [0.717, 1.165) is 19.8 Å². The van der Waals surface area contributed by atoms with Gasteiger partial charge in [0.1, 0.15) is 12.2 Å². The molecule has 1 saturated carbocycles. The minimum absolute atomic E-state index is 0.102. The number of aryl methyl sites for hydroxylation is 1. The molecule has 144 valence electrons. The van der Waals surface area contributed by atoms with E-state index in [1.54, 1.807) is 7.05 Å². The van der Waals surface area contributed by atoms with E-state index in [9.17, 15) is 22.8 Å². The standard InChI is InChI=1S/C16H22F3N5O2/c1-10(16(17,18)19)14(26)24-7-3-11(4-8-24)15(5-6-15)21-13(25)12-20-9-23(2)22-12/h9-11H,3-8H2,1-2H3,(H,21,25). The average molecular weight is 373 g/mol. The van der Waals surface area contributed by atoms with E-state index in [-0.39, 0.29) is 36.3 Å². The second kappa shape index (κ2) is 6.55. The molecule has 3 rings (SSSR count). The van der Waals surface area contributed by atoms with E-state index >= 15 is 0 Å². The summed E-state index contributed by atoms with van der Waals surface area (Å²) < 4.78 is 39.6. The van der Waals surface area contributed by atoms with E-state index in [1.165, 1.54) is 15.9 Å². The fraction of sp³-hybridized carbons (Fsp3) is 0.750. The minimum atomic E-state index is -4.52. The Hall–Kier alpha value is -2.13. The van der Waals surface area contributed by atoms with Gasteiger partial charge in [0.15, 0.2) is 0 Å². The molecule has 10 heteroatoms. The Balaban J connectivity index is 1.56. The van der Waals surface area contributed by atoms with E-state index in [4.69, 9.17) is 0 Å². The first-order chi connectivity index (χ1) is 12.1. The van der Waals surface area contributed by atoms with Crippen molar-refractivity contribution in [2.75, 3.05) is 13.1 Å². The van der Waals surface area contributed by atoms with Crippen molar-refractivity contribution < 1.29 is 22.8 Å². The van der Waals surface area contributed by atoms with Crippen LogP contribution in [0.2, 0.25) is 0 Å². The van der Waals surface area contributed by atoms with Crippen molar-refractivity contribution in [3.8, 4) is 0 Å². The maximum absolute atomic E-state index is 12.7. The van der Waals surface area contributed by atoms with Crippen molar-refractivity contribution in [1.82, 2.24) is 25.0 Å². The normalized spacial score (nSPS) is 21.3. The molecule has 1 N–H and O–H groups in total. The van der Waals surface area contributed by atoms with E-state index in [2.05, 4.69) is 15.4 Å². The van der Waals surface area contributed by atoms with Crippen molar-refractivity contribution in [1.29, 1.82) is 0 Å². The van der Waals surface area contributed by atoms with Gasteiger partial charge in [-0.3, -0.25) is 14.3 Å². The summed E-state index contributed by atoms with van der Waals surface area (Å²) in [6.07, 6.45) is -0.277. The zero-order valence-electron chi connectivity index (χ0n) is 14.7. The van der Waals surface area contributed by atoms with Crippen molar-refractivity contribution in [2.24, 2.45) is 18.9 Å². The lowest BCUT2D eigenvalue weighted by atomic mass is 9.86. The van der Waals surface area contributed by atoms with Gasteiger partial charge in [0.2, 0.25) is 11.7 Å². The van der Waals surface area contributed by atoms with Crippen molar-refractivity contribution in [3.63, 3.8) is 0 Å². The molecule has 26 heavy (non-hydrogen) atoms. The molecule has 0 aromatic carbocycles. The Labute approximate surface area is 148 Å². The monoisotopic (exact) mass is 373 g/mol. The van der Waals surface area contributed by atoms with Gasteiger partial charge in [0.25, 0.3) is 5.91 Å². The third kappa shape index (κ3) is 3.68. The summed E-state index contributed by atoms with van der Waals surface area (Å²) in [5.41, 5.74) is -0.346. The summed E-state index contributed by atoms with van der Waals surface area (Å²) in [6.45, 7) is 1.46. The molecule has 1 aliphatic carbocycles. The van der Waals surface area contributed by atoms with Crippen molar-refractivity contribution in [2.45, 2.75) is 44.3 Å². The summed E-state index contributed by atoms with van der Waals surface area (Å²) in [6, 6.07) is 0. The average Bonchev–Trinajstić information content (AvgIpc) is 3.24. The number of likely N-dealkylation sites (tertiary alicyclic amines) is 1. The smallest absolute Gasteiger partial charge is 0.344 e. The van der Waals surface area contributed by atoms with Crippen LogP contribution in [0.25, 0.3) is 0 Å². The third-order valence-electron chi connectivity index (χ3n) is 5.40. The first-order valence-corrected chi connectivity index (χ1v) is 8.66. The van der Waals surface area contributed by atoms with E-state index in [0.29, 0.717) is 12.8 Å². The van der Waals surface area contributed by atoms with Gasteiger partial charge in [-0.15, -0.1) is 5.10 Å². The van der Waals surface area contributed by atoms with Gasteiger partial charge in [-0.1, -0.05) is 0 Å². The van der Waals surface area contributed by atoms with Crippen LogP contribution < -0.4 is 5.32 Å². The summed E-state index contributed by atoms with van der Waals surface area (Å²) in [5, 5.41) is 6.98. The zero-order chi connectivity index (χ0) is 19.1.